The maximum Gasteiger partial charge on any atom is 0.186 e. The molecule has 3 N–H and O–H groups in total. The Morgan fingerprint density at radius 3 is 3.08 bits per heavy atom. The standard InChI is InChI=1S/C15H16FN7S/c16-9-2-1-5-23(7-9)15-21-10-3-4-18-14(13(10)24-15)22-12-6-11(17)19-8-20-12/h3-4,6,8-9H,1-2,5,7H2,(H3,17,18,19,20,22)/t9-/m1/s1. The molecule has 0 aromatic carbocycles. The van der Waals surface area contributed by atoms with E-state index in [4.69, 9.17) is 5.73 Å². The van der Waals surface area contributed by atoms with Crippen molar-refractivity contribution in [1.29, 1.82) is 0 Å². The highest BCUT2D eigenvalue weighted by molar-refractivity contribution is 7.22. The fourth-order valence-electron chi connectivity index (χ4n) is 2.73. The first-order chi connectivity index (χ1) is 11.7. The highest BCUT2D eigenvalue weighted by atomic mass is 32.1. The van der Waals surface area contributed by atoms with Crippen molar-refractivity contribution < 1.29 is 4.39 Å². The Morgan fingerprint density at radius 1 is 1.33 bits per heavy atom. The van der Waals surface area contributed by atoms with Gasteiger partial charge in [-0.3, -0.25) is 0 Å². The van der Waals surface area contributed by atoms with Gasteiger partial charge in [-0.25, -0.2) is 24.3 Å². The summed E-state index contributed by atoms with van der Waals surface area (Å²) in [6.45, 7) is 1.23. The second kappa shape index (κ2) is 6.16. The Balaban J connectivity index is 1.67. The van der Waals surface area contributed by atoms with E-state index in [0.717, 1.165) is 28.3 Å². The average Bonchev–Trinajstić information content (AvgIpc) is 3.00. The molecule has 7 nitrogen and oxygen atoms in total. The number of hydrogen-bond donors (Lipinski definition) is 2. The summed E-state index contributed by atoms with van der Waals surface area (Å²) in [6.07, 6.45) is 3.77. The van der Waals surface area contributed by atoms with Gasteiger partial charge in [0.2, 0.25) is 0 Å². The molecule has 1 saturated heterocycles. The second-order valence-corrected chi connectivity index (χ2v) is 6.62. The van der Waals surface area contributed by atoms with Gasteiger partial charge >= 0.3 is 0 Å². The lowest BCUT2D eigenvalue weighted by molar-refractivity contribution is 0.287. The molecule has 4 heterocycles. The number of hydrogen-bond acceptors (Lipinski definition) is 8. The van der Waals surface area contributed by atoms with Crippen molar-refractivity contribution in [2.75, 3.05) is 29.0 Å². The van der Waals surface area contributed by atoms with Gasteiger partial charge < -0.3 is 16.0 Å². The Morgan fingerprint density at radius 2 is 2.25 bits per heavy atom. The van der Waals surface area contributed by atoms with E-state index in [0.29, 0.717) is 30.4 Å². The molecule has 0 saturated carbocycles. The molecule has 0 amide bonds. The zero-order valence-corrected chi connectivity index (χ0v) is 13.6. The van der Waals surface area contributed by atoms with Crippen LogP contribution in [0.1, 0.15) is 12.8 Å². The van der Waals surface area contributed by atoms with Gasteiger partial charge in [0.15, 0.2) is 10.9 Å². The van der Waals surface area contributed by atoms with Gasteiger partial charge in [-0.05, 0) is 18.9 Å². The number of nitrogens with zero attached hydrogens (tertiary/aromatic N) is 5. The maximum atomic E-state index is 13.7. The smallest absolute Gasteiger partial charge is 0.186 e. The SMILES string of the molecule is Nc1cc(Nc2nccc3nc(N4CCC[C@@H](F)C4)sc23)ncn1. The highest BCUT2D eigenvalue weighted by Crippen LogP contribution is 2.35. The average molecular weight is 345 g/mol. The Kier molecular flexibility index (Phi) is 3.85. The normalized spacial score (nSPS) is 18.0. The number of pyridine rings is 1. The van der Waals surface area contributed by atoms with E-state index in [9.17, 15) is 4.39 Å². The van der Waals surface area contributed by atoms with Gasteiger partial charge in [0.05, 0.1) is 16.8 Å². The molecule has 3 aromatic heterocycles. The largest absolute Gasteiger partial charge is 0.384 e. The Bertz CT molecular complexity index is 868. The molecule has 0 bridgehead atoms. The molecule has 0 aliphatic carbocycles. The van der Waals surface area contributed by atoms with E-state index >= 15 is 0 Å². The predicted molar refractivity (Wildman–Crippen MR) is 93.5 cm³/mol. The van der Waals surface area contributed by atoms with Crippen LogP contribution in [-0.2, 0) is 0 Å². The van der Waals surface area contributed by atoms with E-state index in [1.54, 1.807) is 12.3 Å². The number of piperidine rings is 1. The van der Waals surface area contributed by atoms with E-state index in [1.807, 2.05) is 11.0 Å². The van der Waals surface area contributed by atoms with Crippen molar-refractivity contribution in [3.8, 4) is 0 Å². The summed E-state index contributed by atoms with van der Waals surface area (Å²) in [5.41, 5.74) is 6.51. The molecule has 1 atom stereocenters. The number of halogens is 1. The maximum absolute atomic E-state index is 13.7. The molecule has 24 heavy (non-hydrogen) atoms. The zero-order chi connectivity index (χ0) is 16.5. The van der Waals surface area contributed by atoms with Crippen molar-refractivity contribution in [3.63, 3.8) is 0 Å². The van der Waals surface area contributed by atoms with Crippen LogP contribution >= 0.6 is 11.3 Å². The molecule has 0 radical (unpaired) electrons. The molecule has 1 aliphatic rings. The minimum Gasteiger partial charge on any atom is -0.384 e. The van der Waals surface area contributed by atoms with Crippen LogP contribution < -0.4 is 16.0 Å². The van der Waals surface area contributed by atoms with Crippen molar-refractivity contribution in [3.05, 3.63) is 24.7 Å². The lowest BCUT2D eigenvalue weighted by atomic mass is 10.1. The van der Waals surface area contributed by atoms with Crippen LogP contribution in [0, 0.1) is 0 Å². The molecule has 1 fully saturated rings. The van der Waals surface area contributed by atoms with E-state index in [-0.39, 0.29) is 0 Å². The van der Waals surface area contributed by atoms with E-state index < -0.39 is 6.17 Å². The zero-order valence-electron chi connectivity index (χ0n) is 12.8. The minimum absolute atomic E-state index is 0.381. The van der Waals surface area contributed by atoms with Crippen molar-refractivity contribution in [2.24, 2.45) is 0 Å². The van der Waals surface area contributed by atoms with Crippen molar-refractivity contribution in [1.82, 2.24) is 19.9 Å². The third-order valence-corrected chi connectivity index (χ3v) is 5.00. The quantitative estimate of drug-likeness (QED) is 0.754. The van der Waals surface area contributed by atoms with Crippen molar-refractivity contribution in [2.45, 2.75) is 19.0 Å². The molecule has 0 unspecified atom stereocenters. The van der Waals surface area contributed by atoms with Crippen molar-refractivity contribution >= 4 is 44.1 Å². The molecule has 9 heteroatoms. The number of anilines is 4. The number of nitrogens with two attached hydrogens (primary N) is 1. The van der Waals surface area contributed by atoms with Gasteiger partial charge in [0.25, 0.3) is 0 Å². The number of nitrogen functional groups attached to an aromatic ring is 1. The molecule has 1 aliphatic heterocycles. The van der Waals surface area contributed by atoms with Gasteiger partial charge in [0.1, 0.15) is 24.1 Å². The molecule has 124 valence electrons. The first-order valence-electron chi connectivity index (χ1n) is 7.68. The minimum atomic E-state index is -0.787. The number of rotatable bonds is 3. The van der Waals surface area contributed by atoms with Crippen LogP contribution in [0.15, 0.2) is 24.7 Å². The highest BCUT2D eigenvalue weighted by Gasteiger charge is 2.22. The lowest BCUT2D eigenvalue weighted by Crippen LogP contribution is -2.36. The van der Waals surface area contributed by atoms with Gasteiger partial charge in [-0.15, -0.1) is 0 Å². The van der Waals surface area contributed by atoms with E-state index in [1.165, 1.54) is 17.7 Å². The summed E-state index contributed by atoms with van der Waals surface area (Å²) >= 11 is 1.50. The summed E-state index contributed by atoms with van der Waals surface area (Å²) in [6, 6.07) is 3.49. The van der Waals surface area contributed by atoms with Gasteiger partial charge in [-0.1, -0.05) is 11.3 Å². The molecule has 3 aromatic rings. The molecular weight excluding hydrogens is 329 g/mol. The van der Waals surface area contributed by atoms with Gasteiger partial charge in [-0.2, -0.15) is 0 Å². The number of thiazole rings is 1. The van der Waals surface area contributed by atoms with Crippen LogP contribution in [0.4, 0.5) is 27.0 Å². The third-order valence-electron chi connectivity index (χ3n) is 3.86. The fourth-order valence-corrected chi connectivity index (χ4v) is 3.77. The van der Waals surface area contributed by atoms with Crippen LogP contribution in [0.5, 0.6) is 0 Å². The van der Waals surface area contributed by atoms with Crippen LogP contribution in [0.2, 0.25) is 0 Å². The van der Waals surface area contributed by atoms with Crippen LogP contribution in [0.3, 0.4) is 0 Å². The van der Waals surface area contributed by atoms with E-state index in [2.05, 4.69) is 25.3 Å². The first-order valence-corrected chi connectivity index (χ1v) is 8.50. The monoisotopic (exact) mass is 345 g/mol. The fraction of sp³-hybridized carbons (Fsp3) is 0.333. The number of alkyl halides is 1. The summed E-state index contributed by atoms with van der Waals surface area (Å²) in [4.78, 5) is 19.0. The Labute approximate surface area is 141 Å². The lowest BCUT2D eigenvalue weighted by Gasteiger charge is -2.28. The number of nitrogens with one attached hydrogen (secondary N) is 1. The Hall–Kier alpha value is -2.55. The topological polar surface area (TPSA) is 92.8 Å². The number of fused-ring (bicyclic) bond motifs is 1. The number of aromatic nitrogens is 4. The summed E-state index contributed by atoms with van der Waals surface area (Å²) in [5.74, 6) is 1.61. The summed E-state index contributed by atoms with van der Waals surface area (Å²) in [7, 11) is 0. The predicted octanol–water partition coefficient (Wildman–Crippen LogP) is 2.75. The van der Waals surface area contributed by atoms with Gasteiger partial charge in [0, 0.05) is 18.8 Å². The third kappa shape index (κ3) is 2.94. The van der Waals surface area contributed by atoms with Crippen LogP contribution in [0.25, 0.3) is 10.2 Å². The molecular formula is C15H16FN7S. The molecule has 4 rings (SSSR count). The molecule has 0 spiro atoms. The first kappa shape index (κ1) is 15.0. The second-order valence-electron chi connectivity index (χ2n) is 5.64. The van der Waals surface area contributed by atoms with Crippen LogP contribution in [-0.4, -0.2) is 39.2 Å². The summed E-state index contributed by atoms with van der Waals surface area (Å²) < 4.78 is 14.6. The summed E-state index contributed by atoms with van der Waals surface area (Å²) in [5, 5.41) is 3.97.